The quantitative estimate of drug-likeness (QED) is 0.818. The van der Waals surface area contributed by atoms with E-state index in [4.69, 9.17) is 11.6 Å². The number of nitrogens with zero attached hydrogens (tertiary/aromatic N) is 3. The molecular weight excluding hydrogens is 281 g/mol. The molecule has 0 aromatic carbocycles. The van der Waals surface area contributed by atoms with Crippen LogP contribution in [0.4, 0.5) is 10.2 Å². The van der Waals surface area contributed by atoms with Gasteiger partial charge >= 0.3 is 0 Å². The molecule has 104 valence electrons. The second-order valence-corrected chi connectivity index (χ2v) is 4.70. The van der Waals surface area contributed by atoms with Gasteiger partial charge in [-0.2, -0.15) is 0 Å². The van der Waals surface area contributed by atoms with Gasteiger partial charge in [0.15, 0.2) is 11.6 Å². The Labute approximate surface area is 121 Å². The van der Waals surface area contributed by atoms with Gasteiger partial charge in [0.2, 0.25) is 5.91 Å². The standard InChI is InChI=1S/C14H13ClFN3O/c1-9-10(5-6-12(15)18-9)8-13(20)19(2)14-11(16)4-3-7-17-14/h3-7H,8H2,1-2H3. The Morgan fingerprint density at radius 1 is 1.40 bits per heavy atom. The molecule has 0 aliphatic heterocycles. The highest BCUT2D eigenvalue weighted by Gasteiger charge is 2.17. The van der Waals surface area contributed by atoms with Gasteiger partial charge in [0, 0.05) is 18.9 Å². The van der Waals surface area contributed by atoms with Crippen molar-refractivity contribution in [2.45, 2.75) is 13.3 Å². The Bertz CT molecular complexity index is 648. The Hall–Kier alpha value is -2.01. The number of aromatic nitrogens is 2. The fraction of sp³-hybridized carbons (Fsp3) is 0.214. The number of pyridine rings is 2. The van der Waals surface area contributed by atoms with Crippen molar-refractivity contribution in [2.24, 2.45) is 0 Å². The number of aryl methyl sites for hydroxylation is 1. The van der Waals surface area contributed by atoms with E-state index in [2.05, 4.69) is 9.97 Å². The molecule has 1 amide bonds. The van der Waals surface area contributed by atoms with Crippen molar-refractivity contribution in [3.8, 4) is 0 Å². The number of hydrogen-bond acceptors (Lipinski definition) is 3. The lowest BCUT2D eigenvalue weighted by Gasteiger charge is -2.17. The van der Waals surface area contributed by atoms with Crippen LogP contribution in [0.2, 0.25) is 5.15 Å². The first-order valence-corrected chi connectivity index (χ1v) is 6.36. The van der Waals surface area contributed by atoms with E-state index in [0.29, 0.717) is 10.8 Å². The molecule has 0 spiro atoms. The third-order valence-corrected chi connectivity index (χ3v) is 3.14. The number of amides is 1. The molecule has 0 saturated carbocycles. The predicted molar refractivity (Wildman–Crippen MR) is 75.3 cm³/mol. The average Bonchev–Trinajstić information content (AvgIpc) is 2.41. The first-order chi connectivity index (χ1) is 9.49. The van der Waals surface area contributed by atoms with Crippen LogP contribution in [0.25, 0.3) is 0 Å². The lowest BCUT2D eigenvalue weighted by atomic mass is 10.1. The molecular formula is C14H13ClFN3O. The topological polar surface area (TPSA) is 46.1 Å². The zero-order valence-corrected chi connectivity index (χ0v) is 11.9. The molecule has 20 heavy (non-hydrogen) atoms. The third kappa shape index (κ3) is 3.11. The van der Waals surface area contributed by atoms with Gasteiger partial charge in [0.1, 0.15) is 5.15 Å². The van der Waals surface area contributed by atoms with Crippen LogP contribution >= 0.6 is 11.6 Å². The molecule has 2 aromatic heterocycles. The molecule has 0 aliphatic carbocycles. The maximum atomic E-state index is 13.6. The molecule has 0 unspecified atom stereocenters. The van der Waals surface area contributed by atoms with E-state index < -0.39 is 5.82 Å². The monoisotopic (exact) mass is 293 g/mol. The molecule has 0 radical (unpaired) electrons. The molecule has 4 nitrogen and oxygen atoms in total. The molecule has 0 N–H and O–H groups in total. The van der Waals surface area contributed by atoms with Crippen LogP contribution in [0.15, 0.2) is 30.5 Å². The van der Waals surface area contributed by atoms with Crippen LogP contribution in [0.5, 0.6) is 0 Å². The van der Waals surface area contributed by atoms with Crippen LogP contribution in [0.1, 0.15) is 11.3 Å². The minimum absolute atomic E-state index is 0.0112. The van der Waals surface area contributed by atoms with E-state index in [-0.39, 0.29) is 18.1 Å². The summed E-state index contributed by atoms with van der Waals surface area (Å²) in [6, 6.07) is 6.11. The van der Waals surface area contributed by atoms with Gasteiger partial charge in [0.05, 0.1) is 6.42 Å². The SMILES string of the molecule is Cc1nc(Cl)ccc1CC(=O)N(C)c1ncccc1F. The lowest BCUT2D eigenvalue weighted by molar-refractivity contribution is -0.117. The minimum atomic E-state index is -0.533. The zero-order valence-electron chi connectivity index (χ0n) is 11.1. The highest BCUT2D eigenvalue weighted by atomic mass is 35.5. The molecule has 2 heterocycles. The number of carbonyl (C=O) groups excluding carboxylic acids is 1. The first kappa shape index (κ1) is 14.4. The van der Waals surface area contributed by atoms with Crippen molar-refractivity contribution in [1.82, 2.24) is 9.97 Å². The van der Waals surface area contributed by atoms with Crippen molar-refractivity contribution in [3.63, 3.8) is 0 Å². The lowest BCUT2D eigenvalue weighted by Crippen LogP contribution is -2.29. The molecule has 2 aromatic rings. The Kier molecular flexibility index (Phi) is 4.29. The highest BCUT2D eigenvalue weighted by molar-refractivity contribution is 6.29. The van der Waals surface area contributed by atoms with Crippen molar-refractivity contribution in [3.05, 3.63) is 52.7 Å². The van der Waals surface area contributed by atoms with Gasteiger partial charge in [0.25, 0.3) is 0 Å². The molecule has 2 rings (SSSR count). The number of anilines is 1. The van der Waals surface area contributed by atoms with Crippen molar-refractivity contribution < 1.29 is 9.18 Å². The summed E-state index contributed by atoms with van der Waals surface area (Å²) < 4.78 is 13.6. The summed E-state index contributed by atoms with van der Waals surface area (Å²) in [5.74, 6) is -0.791. The molecule has 0 aliphatic rings. The largest absolute Gasteiger partial charge is 0.297 e. The summed E-state index contributed by atoms with van der Waals surface area (Å²) in [4.78, 5) is 21.3. The van der Waals surface area contributed by atoms with E-state index in [9.17, 15) is 9.18 Å². The fourth-order valence-electron chi connectivity index (χ4n) is 1.77. The normalized spacial score (nSPS) is 10.4. The van der Waals surface area contributed by atoms with E-state index in [1.54, 1.807) is 19.1 Å². The van der Waals surface area contributed by atoms with E-state index in [0.717, 1.165) is 5.56 Å². The predicted octanol–water partition coefficient (Wildman–Crippen LogP) is 2.78. The Morgan fingerprint density at radius 2 is 2.15 bits per heavy atom. The fourth-order valence-corrected chi connectivity index (χ4v) is 1.96. The van der Waals surface area contributed by atoms with E-state index in [1.807, 2.05) is 0 Å². The van der Waals surface area contributed by atoms with Gasteiger partial charge in [-0.1, -0.05) is 17.7 Å². The minimum Gasteiger partial charge on any atom is -0.297 e. The van der Waals surface area contributed by atoms with E-state index in [1.165, 1.54) is 30.3 Å². The zero-order chi connectivity index (χ0) is 14.7. The van der Waals surface area contributed by atoms with Crippen LogP contribution in [-0.4, -0.2) is 22.9 Å². The number of likely N-dealkylation sites (N-methyl/N-ethyl adjacent to an activating group) is 1. The summed E-state index contributed by atoms with van der Waals surface area (Å²) in [5.41, 5.74) is 1.43. The molecule has 0 saturated heterocycles. The Morgan fingerprint density at radius 3 is 2.80 bits per heavy atom. The second-order valence-electron chi connectivity index (χ2n) is 4.32. The van der Waals surface area contributed by atoms with Gasteiger partial charge in [-0.25, -0.2) is 14.4 Å². The summed E-state index contributed by atoms with van der Waals surface area (Å²) in [7, 11) is 1.49. The first-order valence-electron chi connectivity index (χ1n) is 5.98. The van der Waals surface area contributed by atoms with Crippen molar-refractivity contribution in [2.75, 3.05) is 11.9 Å². The van der Waals surface area contributed by atoms with Crippen LogP contribution in [-0.2, 0) is 11.2 Å². The number of halogens is 2. The highest BCUT2D eigenvalue weighted by Crippen LogP contribution is 2.16. The van der Waals surface area contributed by atoms with Crippen molar-refractivity contribution >= 4 is 23.3 Å². The number of rotatable bonds is 3. The Balaban J connectivity index is 2.18. The third-order valence-electron chi connectivity index (χ3n) is 2.93. The number of carbonyl (C=O) groups is 1. The van der Waals surface area contributed by atoms with Crippen LogP contribution in [0.3, 0.4) is 0 Å². The number of hydrogen-bond donors (Lipinski definition) is 0. The van der Waals surface area contributed by atoms with Gasteiger partial charge in [-0.05, 0) is 30.7 Å². The smallest absolute Gasteiger partial charge is 0.232 e. The molecule has 0 atom stereocenters. The van der Waals surface area contributed by atoms with Gasteiger partial charge in [-0.3, -0.25) is 9.69 Å². The maximum Gasteiger partial charge on any atom is 0.232 e. The summed E-state index contributed by atoms with van der Waals surface area (Å²) in [6.07, 6.45) is 1.56. The maximum absolute atomic E-state index is 13.6. The summed E-state index contributed by atoms with van der Waals surface area (Å²) >= 11 is 5.77. The van der Waals surface area contributed by atoms with Crippen LogP contribution < -0.4 is 4.90 Å². The molecule has 0 fully saturated rings. The van der Waals surface area contributed by atoms with Crippen LogP contribution in [0, 0.1) is 12.7 Å². The molecule has 0 bridgehead atoms. The summed E-state index contributed by atoms with van der Waals surface area (Å²) in [6.45, 7) is 1.77. The van der Waals surface area contributed by atoms with Crippen molar-refractivity contribution in [1.29, 1.82) is 0 Å². The van der Waals surface area contributed by atoms with E-state index >= 15 is 0 Å². The molecule has 6 heteroatoms. The summed E-state index contributed by atoms with van der Waals surface area (Å²) in [5, 5.41) is 0.378. The second kappa shape index (κ2) is 5.96. The average molecular weight is 294 g/mol. The van der Waals surface area contributed by atoms with Gasteiger partial charge in [-0.15, -0.1) is 0 Å². The van der Waals surface area contributed by atoms with Gasteiger partial charge < -0.3 is 0 Å².